The molecule has 1 heterocycles. The zero-order valence-electron chi connectivity index (χ0n) is 8.94. The van der Waals surface area contributed by atoms with Crippen LogP contribution in [0.3, 0.4) is 0 Å². The molecule has 15 heavy (non-hydrogen) atoms. The average Bonchev–Trinajstić information content (AvgIpc) is 2.26. The molecule has 1 aromatic heterocycles. The number of pyridine rings is 1. The molecule has 1 N–H and O–H groups in total. The van der Waals surface area contributed by atoms with E-state index in [9.17, 15) is 0 Å². The monoisotopic (exact) mass is 239 g/mol. The lowest BCUT2D eigenvalue weighted by atomic mass is 10.2. The number of hydrogen-bond acceptors (Lipinski definition) is 5. The van der Waals surface area contributed by atoms with Gasteiger partial charge >= 0.3 is 0 Å². The van der Waals surface area contributed by atoms with Gasteiger partial charge in [0, 0.05) is 6.20 Å². The summed E-state index contributed by atoms with van der Waals surface area (Å²) in [6.07, 6.45) is 3.67. The minimum absolute atomic E-state index is 0.475. The highest BCUT2D eigenvalue weighted by atomic mass is 32.2. The number of anilines is 1. The Kier molecular flexibility index (Phi) is 4.79. The SMILES string of the molecule is CSC(C)SNc1cc(C)c(C#N)cn1. The van der Waals surface area contributed by atoms with Crippen molar-refractivity contribution in [3.05, 3.63) is 23.4 Å². The zero-order valence-corrected chi connectivity index (χ0v) is 10.6. The predicted octanol–water partition coefficient (Wildman–Crippen LogP) is 3.03. The second kappa shape index (κ2) is 5.89. The summed E-state index contributed by atoms with van der Waals surface area (Å²) in [6.45, 7) is 4.03. The first kappa shape index (κ1) is 12.2. The smallest absolute Gasteiger partial charge is 0.136 e. The minimum Gasteiger partial charge on any atom is -0.313 e. The Bertz CT molecular complexity index is 373. The molecular weight excluding hydrogens is 226 g/mol. The van der Waals surface area contributed by atoms with Crippen LogP contribution in [0, 0.1) is 18.3 Å². The molecule has 0 bridgehead atoms. The van der Waals surface area contributed by atoms with E-state index in [4.69, 9.17) is 5.26 Å². The second-order valence-electron chi connectivity index (χ2n) is 3.02. The average molecular weight is 239 g/mol. The molecule has 0 saturated carbocycles. The Balaban J connectivity index is 2.64. The molecule has 0 radical (unpaired) electrons. The van der Waals surface area contributed by atoms with Crippen LogP contribution in [0.2, 0.25) is 0 Å². The first-order chi connectivity index (χ1) is 7.17. The molecule has 0 fully saturated rings. The number of aryl methyl sites for hydroxylation is 1. The summed E-state index contributed by atoms with van der Waals surface area (Å²) in [5.41, 5.74) is 1.58. The molecule has 80 valence electrons. The van der Waals surface area contributed by atoms with Gasteiger partial charge in [-0.2, -0.15) is 5.26 Å². The van der Waals surface area contributed by atoms with E-state index in [0.29, 0.717) is 10.1 Å². The lowest BCUT2D eigenvalue weighted by molar-refractivity contribution is 1.26. The van der Waals surface area contributed by atoms with E-state index < -0.39 is 0 Å². The van der Waals surface area contributed by atoms with Crippen molar-refractivity contribution in [3.8, 4) is 6.07 Å². The van der Waals surface area contributed by atoms with Crippen LogP contribution < -0.4 is 4.72 Å². The molecule has 5 heteroatoms. The number of nitriles is 1. The highest BCUT2D eigenvalue weighted by Gasteiger charge is 2.03. The fourth-order valence-electron chi connectivity index (χ4n) is 0.920. The number of nitrogens with one attached hydrogen (secondary N) is 1. The number of rotatable bonds is 4. The van der Waals surface area contributed by atoms with Crippen molar-refractivity contribution >= 4 is 29.5 Å². The topological polar surface area (TPSA) is 48.7 Å². The van der Waals surface area contributed by atoms with Crippen molar-refractivity contribution in [2.75, 3.05) is 11.0 Å². The van der Waals surface area contributed by atoms with E-state index in [2.05, 4.69) is 29.0 Å². The molecule has 1 rings (SSSR count). The molecule has 1 unspecified atom stereocenters. The van der Waals surface area contributed by atoms with Crippen molar-refractivity contribution in [2.24, 2.45) is 0 Å². The van der Waals surface area contributed by atoms with Gasteiger partial charge in [0.15, 0.2) is 0 Å². The molecule has 0 aromatic carbocycles. The van der Waals surface area contributed by atoms with Gasteiger partial charge in [-0.1, -0.05) is 0 Å². The van der Waals surface area contributed by atoms with Gasteiger partial charge < -0.3 is 4.72 Å². The van der Waals surface area contributed by atoms with Gasteiger partial charge in [-0.25, -0.2) is 4.98 Å². The summed E-state index contributed by atoms with van der Waals surface area (Å²) in [5.74, 6) is 0.803. The van der Waals surface area contributed by atoms with Crippen LogP contribution in [0.1, 0.15) is 18.1 Å². The minimum atomic E-state index is 0.475. The maximum absolute atomic E-state index is 8.75. The molecule has 1 aromatic rings. The lowest BCUT2D eigenvalue weighted by Crippen LogP contribution is -1.98. The summed E-state index contributed by atoms with van der Waals surface area (Å²) >= 11 is 3.40. The van der Waals surface area contributed by atoms with Crippen molar-refractivity contribution < 1.29 is 0 Å². The van der Waals surface area contributed by atoms with Gasteiger partial charge in [0.2, 0.25) is 0 Å². The van der Waals surface area contributed by atoms with Crippen molar-refractivity contribution in [1.29, 1.82) is 5.26 Å². The highest BCUT2D eigenvalue weighted by molar-refractivity contribution is 8.17. The third-order valence-corrected chi connectivity index (χ3v) is 4.08. The number of aromatic nitrogens is 1. The molecule has 0 aliphatic carbocycles. The van der Waals surface area contributed by atoms with Gasteiger partial charge in [-0.3, -0.25) is 0 Å². The summed E-state index contributed by atoms with van der Waals surface area (Å²) in [6, 6.07) is 3.98. The molecule has 0 spiro atoms. The molecular formula is C10H13N3S2. The Labute approximate surface area is 98.8 Å². The molecule has 1 atom stereocenters. The number of hydrogen-bond donors (Lipinski definition) is 1. The molecule has 0 aliphatic heterocycles. The normalized spacial score (nSPS) is 11.9. The first-order valence-corrected chi connectivity index (χ1v) is 6.65. The summed E-state index contributed by atoms with van der Waals surface area (Å²) in [7, 11) is 0. The first-order valence-electron chi connectivity index (χ1n) is 4.48. The fraction of sp³-hybridized carbons (Fsp3) is 0.400. The lowest BCUT2D eigenvalue weighted by Gasteiger charge is -2.09. The van der Waals surface area contributed by atoms with Crippen LogP contribution in [0.15, 0.2) is 12.3 Å². The van der Waals surface area contributed by atoms with Crippen LogP contribution in [0.25, 0.3) is 0 Å². The highest BCUT2D eigenvalue weighted by Crippen LogP contribution is 2.22. The Morgan fingerprint density at radius 1 is 1.60 bits per heavy atom. The van der Waals surface area contributed by atoms with Crippen molar-refractivity contribution in [2.45, 2.75) is 18.4 Å². The van der Waals surface area contributed by atoms with Crippen LogP contribution in [0.4, 0.5) is 5.82 Å². The van der Waals surface area contributed by atoms with E-state index in [0.717, 1.165) is 11.4 Å². The Morgan fingerprint density at radius 3 is 2.87 bits per heavy atom. The zero-order chi connectivity index (χ0) is 11.3. The van der Waals surface area contributed by atoms with E-state index in [-0.39, 0.29) is 0 Å². The van der Waals surface area contributed by atoms with Crippen LogP contribution in [0.5, 0.6) is 0 Å². The van der Waals surface area contributed by atoms with E-state index in [1.807, 2.05) is 13.0 Å². The maximum atomic E-state index is 8.75. The summed E-state index contributed by atoms with van der Waals surface area (Å²) < 4.78 is 3.64. The number of nitrogens with zero attached hydrogens (tertiary/aromatic N) is 2. The quantitative estimate of drug-likeness (QED) is 0.646. The largest absolute Gasteiger partial charge is 0.313 e. The molecule has 3 nitrogen and oxygen atoms in total. The van der Waals surface area contributed by atoms with E-state index in [1.165, 1.54) is 0 Å². The van der Waals surface area contributed by atoms with E-state index >= 15 is 0 Å². The van der Waals surface area contributed by atoms with Gasteiger partial charge in [0.25, 0.3) is 0 Å². The van der Waals surface area contributed by atoms with Gasteiger partial charge in [-0.15, -0.1) is 11.8 Å². The van der Waals surface area contributed by atoms with Gasteiger partial charge in [0.1, 0.15) is 11.9 Å². The maximum Gasteiger partial charge on any atom is 0.136 e. The van der Waals surface area contributed by atoms with Crippen molar-refractivity contribution in [1.82, 2.24) is 4.98 Å². The molecule has 0 amide bonds. The van der Waals surface area contributed by atoms with Crippen molar-refractivity contribution in [3.63, 3.8) is 0 Å². The van der Waals surface area contributed by atoms with E-state index in [1.54, 1.807) is 29.9 Å². The third-order valence-electron chi connectivity index (χ3n) is 1.89. The Morgan fingerprint density at radius 2 is 2.33 bits per heavy atom. The second-order valence-corrected chi connectivity index (χ2v) is 5.64. The van der Waals surface area contributed by atoms with Crippen LogP contribution in [-0.4, -0.2) is 15.8 Å². The van der Waals surface area contributed by atoms with Crippen LogP contribution >= 0.6 is 23.7 Å². The third kappa shape index (κ3) is 3.65. The summed E-state index contributed by atoms with van der Waals surface area (Å²) in [4.78, 5) is 4.15. The van der Waals surface area contributed by atoms with Crippen LogP contribution in [-0.2, 0) is 0 Å². The molecule has 0 aliphatic rings. The fourth-order valence-corrected chi connectivity index (χ4v) is 1.85. The standard InChI is InChI=1S/C10H13N3S2/c1-7-4-10(12-6-9(7)5-11)13-15-8(2)14-3/h4,6,8H,1-3H3,(H,12,13). The predicted molar refractivity (Wildman–Crippen MR) is 67.9 cm³/mol. The Hall–Kier alpha value is -0.860. The van der Waals surface area contributed by atoms with Gasteiger partial charge in [-0.05, 0) is 43.7 Å². The molecule has 0 saturated heterocycles. The van der Waals surface area contributed by atoms with Gasteiger partial charge in [0.05, 0.1) is 10.1 Å². The number of thioether (sulfide) groups is 1. The summed E-state index contributed by atoms with van der Waals surface area (Å²) in [5, 5.41) is 8.75.